The molecule has 0 saturated heterocycles. The molecule has 1 N–H and O–H groups in total. The van der Waals surface area contributed by atoms with Gasteiger partial charge < -0.3 is 14.2 Å². The molecule has 0 fully saturated rings. The van der Waals surface area contributed by atoms with Crippen LogP contribution in [-0.4, -0.2) is 32.2 Å². The Morgan fingerprint density at radius 1 is 1.03 bits per heavy atom. The van der Waals surface area contributed by atoms with Crippen LogP contribution >= 0.6 is 0 Å². The van der Waals surface area contributed by atoms with Crippen molar-refractivity contribution in [3.8, 4) is 36.2 Å². The standard InChI is InChI=1S/C23H12N4O7S/c1-4-32-20-11-17(19(14-25)27-3)21(12-16(20)18(13-24)26-2)33-9-10-34-23(28)15-7-5-6-8-22(15)35(29,30)31/h1,5-8,11-12H,9-10H2,(H,29,30,31)/b18-16-,19-17+. The van der Waals surface area contributed by atoms with Crippen molar-refractivity contribution in [3.05, 3.63) is 75.2 Å². The molecule has 0 atom stereocenters. The molecule has 0 aliphatic carbocycles. The molecule has 0 spiro atoms. The molecule has 2 aromatic rings. The number of esters is 1. The van der Waals surface area contributed by atoms with E-state index in [0.29, 0.717) is 0 Å². The minimum atomic E-state index is -4.67. The van der Waals surface area contributed by atoms with Crippen LogP contribution in [0.4, 0.5) is 0 Å². The van der Waals surface area contributed by atoms with Gasteiger partial charge in [0.25, 0.3) is 21.5 Å². The first-order valence-corrected chi connectivity index (χ1v) is 10.6. The van der Waals surface area contributed by atoms with Crippen molar-refractivity contribution in [2.75, 3.05) is 13.2 Å². The van der Waals surface area contributed by atoms with Crippen molar-refractivity contribution in [1.82, 2.24) is 0 Å². The molecule has 12 heteroatoms. The number of hydrogen-bond donors (Lipinski definition) is 1. The second-order valence-corrected chi connectivity index (χ2v) is 7.55. The summed E-state index contributed by atoms with van der Waals surface area (Å²) in [7, 11) is -4.67. The van der Waals surface area contributed by atoms with Crippen LogP contribution in [0.3, 0.4) is 0 Å². The SMILES string of the molecule is [C-]#[N+]/C(C#N)=c1/cc(OCCOC(=O)c2ccccc2S(=O)(=O)O)/c(=C(\C#N)[N+]#[C-])cc1OC#C. The predicted octanol–water partition coefficient (Wildman–Crippen LogP) is 1.24. The van der Waals surface area contributed by atoms with Gasteiger partial charge in [0.05, 0.1) is 30.8 Å². The highest BCUT2D eigenvalue weighted by Crippen LogP contribution is 2.16. The van der Waals surface area contributed by atoms with Gasteiger partial charge in [0.1, 0.15) is 35.7 Å². The first-order chi connectivity index (χ1) is 16.7. The molecule has 0 aromatic heterocycles. The van der Waals surface area contributed by atoms with E-state index in [2.05, 4.69) is 9.69 Å². The number of carbonyl (C=O) groups excluding carboxylic acids is 1. The topological polar surface area (TPSA) is 155 Å². The molecular formula is C23H12N4O7S. The lowest BCUT2D eigenvalue weighted by molar-refractivity contribution is 0.0445. The Balaban J connectivity index is 2.41. The van der Waals surface area contributed by atoms with Crippen molar-refractivity contribution in [2.24, 2.45) is 0 Å². The predicted molar refractivity (Wildman–Crippen MR) is 118 cm³/mol. The van der Waals surface area contributed by atoms with E-state index in [4.69, 9.17) is 33.8 Å². The van der Waals surface area contributed by atoms with Crippen LogP contribution in [0.15, 0.2) is 41.3 Å². The molecule has 0 unspecified atom stereocenters. The molecule has 0 saturated carbocycles. The van der Waals surface area contributed by atoms with Crippen molar-refractivity contribution in [1.29, 1.82) is 10.5 Å². The Morgan fingerprint density at radius 3 is 2.14 bits per heavy atom. The first kappa shape index (κ1) is 25.9. The highest BCUT2D eigenvalue weighted by atomic mass is 32.2. The summed E-state index contributed by atoms with van der Waals surface area (Å²) in [6.07, 6.45) is 7.04. The number of nitriles is 2. The number of terminal acetylenes is 1. The van der Waals surface area contributed by atoms with Crippen molar-refractivity contribution >= 4 is 27.5 Å². The van der Waals surface area contributed by atoms with Crippen molar-refractivity contribution in [3.63, 3.8) is 0 Å². The first-order valence-electron chi connectivity index (χ1n) is 9.18. The summed E-state index contributed by atoms with van der Waals surface area (Å²) in [5.74, 6) is -1.30. The van der Waals surface area contributed by atoms with Crippen molar-refractivity contribution < 1.29 is 32.0 Å². The third-order valence-electron chi connectivity index (χ3n) is 4.16. The van der Waals surface area contributed by atoms with Crippen LogP contribution in [0, 0.1) is 48.3 Å². The maximum atomic E-state index is 12.3. The van der Waals surface area contributed by atoms with E-state index in [9.17, 15) is 28.3 Å². The summed E-state index contributed by atoms with van der Waals surface area (Å²) in [4.78, 5) is 17.8. The molecule has 0 aliphatic heterocycles. The molecule has 11 nitrogen and oxygen atoms in total. The van der Waals surface area contributed by atoms with Gasteiger partial charge in [-0.2, -0.15) is 8.42 Å². The number of hydrogen-bond acceptors (Lipinski definition) is 8. The second-order valence-electron chi connectivity index (χ2n) is 6.16. The summed E-state index contributed by atoms with van der Waals surface area (Å²) in [6, 6.07) is 10.6. The van der Waals surface area contributed by atoms with Gasteiger partial charge in [-0.3, -0.25) is 4.55 Å². The van der Waals surface area contributed by atoms with Gasteiger partial charge in [-0.1, -0.05) is 18.6 Å². The van der Waals surface area contributed by atoms with Gasteiger partial charge in [-0.05, 0) is 24.3 Å². The molecular weight excluding hydrogens is 476 g/mol. The molecule has 2 rings (SSSR count). The minimum absolute atomic E-state index is 0.0539. The van der Waals surface area contributed by atoms with E-state index < -0.39 is 44.5 Å². The van der Waals surface area contributed by atoms with Gasteiger partial charge in [0, 0.05) is 10.4 Å². The zero-order chi connectivity index (χ0) is 26.0. The molecule has 0 radical (unpaired) electrons. The fourth-order valence-corrected chi connectivity index (χ4v) is 3.39. The van der Waals surface area contributed by atoms with E-state index in [1.807, 2.05) is 6.11 Å². The highest BCUT2D eigenvalue weighted by molar-refractivity contribution is 7.86. The second kappa shape index (κ2) is 11.5. The van der Waals surface area contributed by atoms with E-state index in [-0.39, 0.29) is 28.5 Å². The maximum absolute atomic E-state index is 12.3. The largest absolute Gasteiger partial charge is 0.491 e. The number of ether oxygens (including phenoxy) is 3. The number of benzene rings is 2. The average molecular weight is 488 g/mol. The third kappa shape index (κ3) is 6.14. The zero-order valence-corrected chi connectivity index (χ0v) is 18.4. The van der Waals surface area contributed by atoms with Crippen LogP contribution in [-0.2, 0) is 14.9 Å². The van der Waals surface area contributed by atoms with Crippen LogP contribution in [0.25, 0.3) is 21.1 Å². The summed E-state index contributed by atoms with van der Waals surface area (Å²) >= 11 is 0. The highest BCUT2D eigenvalue weighted by Gasteiger charge is 2.21. The Labute approximate surface area is 199 Å². The summed E-state index contributed by atoms with van der Waals surface area (Å²) in [5, 5.41) is 18.4. The molecule has 35 heavy (non-hydrogen) atoms. The summed E-state index contributed by atoms with van der Waals surface area (Å²) < 4.78 is 47.7. The molecule has 0 aliphatic rings. The van der Waals surface area contributed by atoms with Gasteiger partial charge in [-0.15, -0.1) is 0 Å². The average Bonchev–Trinajstić information content (AvgIpc) is 2.84. The Morgan fingerprint density at radius 2 is 1.60 bits per heavy atom. The minimum Gasteiger partial charge on any atom is -0.491 e. The lowest BCUT2D eigenvalue weighted by atomic mass is 10.1. The van der Waals surface area contributed by atoms with Gasteiger partial charge in [0.15, 0.2) is 0 Å². The van der Waals surface area contributed by atoms with Crippen LogP contribution in [0.5, 0.6) is 11.5 Å². The van der Waals surface area contributed by atoms with Gasteiger partial charge >= 0.3 is 5.97 Å². The zero-order valence-electron chi connectivity index (χ0n) is 17.5. The van der Waals surface area contributed by atoms with Crippen molar-refractivity contribution in [2.45, 2.75) is 4.90 Å². The third-order valence-corrected chi connectivity index (χ3v) is 5.07. The molecule has 172 valence electrons. The molecule has 0 bridgehead atoms. The van der Waals surface area contributed by atoms with E-state index >= 15 is 0 Å². The molecule has 2 aromatic carbocycles. The van der Waals surface area contributed by atoms with E-state index in [1.165, 1.54) is 18.2 Å². The summed E-state index contributed by atoms with van der Waals surface area (Å²) in [6.45, 7) is 13.6. The van der Waals surface area contributed by atoms with Gasteiger partial charge in [0.2, 0.25) is 0 Å². The van der Waals surface area contributed by atoms with Crippen LogP contribution < -0.4 is 19.9 Å². The summed E-state index contributed by atoms with van der Waals surface area (Å²) in [5.41, 5.74) is -1.21. The van der Waals surface area contributed by atoms with Crippen LogP contribution in [0.1, 0.15) is 10.4 Å². The quantitative estimate of drug-likeness (QED) is 0.199. The fourth-order valence-electron chi connectivity index (χ4n) is 2.71. The fraction of sp³-hybridized carbons (Fsp3) is 0.0870. The number of nitrogens with zero attached hydrogens (tertiary/aromatic N) is 4. The normalized spacial score (nSPS) is 11.8. The Kier molecular flexibility index (Phi) is 8.53. The lowest BCUT2D eigenvalue weighted by Crippen LogP contribution is -2.21. The lowest BCUT2D eigenvalue weighted by Gasteiger charge is -2.11. The number of carbonyl (C=O) groups is 1. The van der Waals surface area contributed by atoms with Gasteiger partial charge in [-0.25, -0.2) is 25.0 Å². The van der Waals surface area contributed by atoms with Crippen LogP contribution in [0.2, 0.25) is 0 Å². The molecule has 0 heterocycles. The smallest absolute Gasteiger partial charge is 0.339 e. The molecule has 0 amide bonds. The Bertz CT molecular complexity index is 1600. The monoisotopic (exact) mass is 488 g/mol. The Hall–Kier alpha value is -5.32. The number of rotatable bonds is 7. The van der Waals surface area contributed by atoms with E-state index in [1.54, 1.807) is 12.1 Å². The maximum Gasteiger partial charge on any atom is 0.339 e. The van der Waals surface area contributed by atoms with E-state index in [0.717, 1.165) is 18.2 Å².